The van der Waals surface area contributed by atoms with Gasteiger partial charge < -0.3 is 0 Å². The molecule has 0 atom stereocenters. The average Bonchev–Trinajstić information content (AvgIpc) is 3.75. The molecular weight excluding hydrogens is 708 g/mol. The van der Waals surface area contributed by atoms with Crippen molar-refractivity contribution in [3.8, 4) is 77.9 Å². The first-order chi connectivity index (χ1) is 28.1. The van der Waals surface area contributed by atoms with Gasteiger partial charge in [-0.3, -0.25) is 0 Å². The highest BCUT2D eigenvalue weighted by molar-refractivity contribution is 6.34. The highest BCUT2D eigenvalue weighted by Gasteiger charge is 2.33. The van der Waals surface area contributed by atoms with Gasteiger partial charge in [-0.05, 0) is 153 Å². The summed E-state index contributed by atoms with van der Waals surface area (Å²) in [6.07, 6.45) is 12.1. The number of halogens is 1. The minimum absolute atomic E-state index is 0.764. The number of benzene rings is 9. The second-order valence-electron chi connectivity index (χ2n) is 15.6. The van der Waals surface area contributed by atoms with Crippen molar-refractivity contribution in [3.05, 3.63) is 198 Å². The minimum atomic E-state index is 0.764. The Bertz CT molecular complexity index is 3270. The fourth-order valence-corrected chi connectivity index (χ4v) is 10.4. The molecule has 3 aliphatic carbocycles. The summed E-state index contributed by atoms with van der Waals surface area (Å²) in [6.45, 7) is 2.29. The highest BCUT2D eigenvalue weighted by atomic mass is 35.5. The third kappa shape index (κ3) is 4.69. The third-order valence-corrected chi connectivity index (χ3v) is 13.0. The maximum absolute atomic E-state index is 7.17. The van der Waals surface area contributed by atoms with Crippen LogP contribution in [0, 0.1) is 6.92 Å². The molecule has 0 unspecified atom stereocenters. The molecule has 0 saturated heterocycles. The molecule has 0 bridgehead atoms. The molecule has 57 heavy (non-hydrogen) atoms. The van der Waals surface area contributed by atoms with Gasteiger partial charge in [-0.25, -0.2) is 0 Å². The van der Waals surface area contributed by atoms with Crippen molar-refractivity contribution in [1.29, 1.82) is 0 Å². The van der Waals surface area contributed by atoms with Crippen LogP contribution in [0.4, 0.5) is 0 Å². The van der Waals surface area contributed by atoms with E-state index in [1.807, 2.05) is 12.1 Å². The van der Waals surface area contributed by atoms with Crippen LogP contribution in [0.1, 0.15) is 17.5 Å². The van der Waals surface area contributed by atoms with Gasteiger partial charge in [0.2, 0.25) is 0 Å². The number of rotatable bonds is 4. The van der Waals surface area contributed by atoms with Crippen molar-refractivity contribution in [1.82, 2.24) is 0 Å². The van der Waals surface area contributed by atoms with Crippen LogP contribution in [0.5, 0.6) is 0 Å². The van der Waals surface area contributed by atoms with Gasteiger partial charge >= 0.3 is 0 Å². The van der Waals surface area contributed by atoms with Gasteiger partial charge in [0.15, 0.2) is 0 Å². The Labute approximate surface area is 337 Å². The van der Waals surface area contributed by atoms with E-state index in [4.69, 9.17) is 11.6 Å². The van der Waals surface area contributed by atoms with Gasteiger partial charge in [0, 0.05) is 10.6 Å². The highest BCUT2D eigenvalue weighted by Crippen LogP contribution is 2.59. The molecule has 0 radical (unpaired) electrons. The quantitative estimate of drug-likeness (QED) is 0.168. The summed E-state index contributed by atoms with van der Waals surface area (Å²) in [5, 5.41) is 8.53. The Kier molecular flexibility index (Phi) is 7.06. The van der Waals surface area contributed by atoms with Gasteiger partial charge in [0.25, 0.3) is 0 Å². The molecule has 0 fully saturated rings. The van der Waals surface area contributed by atoms with Crippen molar-refractivity contribution >= 4 is 50.0 Å². The smallest absolute Gasteiger partial charge is 0.0484 e. The number of hydrogen-bond donors (Lipinski definition) is 0. The Balaban J connectivity index is 1.16. The first-order valence-electron chi connectivity index (χ1n) is 19.8. The zero-order valence-electron chi connectivity index (χ0n) is 31.4. The van der Waals surface area contributed by atoms with E-state index in [0.29, 0.717) is 0 Å². The van der Waals surface area contributed by atoms with Gasteiger partial charge in [0.05, 0.1) is 0 Å². The van der Waals surface area contributed by atoms with E-state index < -0.39 is 0 Å². The van der Waals surface area contributed by atoms with Gasteiger partial charge in [-0.2, -0.15) is 0 Å². The Morgan fingerprint density at radius 2 is 1.02 bits per heavy atom. The summed E-state index contributed by atoms with van der Waals surface area (Å²) in [5.74, 6) is 0. The van der Waals surface area contributed by atoms with Gasteiger partial charge in [-0.15, -0.1) is 0 Å². The van der Waals surface area contributed by atoms with E-state index in [-0.39, 0.29) is 0 Å². The van der Waals surface area contributed by atoms with Crippen LogP contribution in [0.15, 0.2) is 182 Å². The average molecular weight is 743 g/mol. The molecule has 0 N–H and O–H groups in total. The molecule has 0 heterocycles. The molecule has 12 rings (SSSR count). The first kappa shape index (κ1) is 32.5. The molecule has 266 valence electrons. The lowest BCUT2D eigenvalue weighted by Crippen LogP contribution is -1.99. The fourth-order valence-electron chi connectivity index (χ4n) is 10.2. The lowest BCUT2D eigenvalue weighted by atomic mass is 9.80. The topological polar surface area (TPSA) is 0 Å². The predicted molar refractivity (Wildman–Crippen MR) is 245 cm³/mol. The standard InChI is InChI=1S/C56H35Cl/c1-33-47(30-34-14-4-2-5-15-34)52(35-16-6-3-7-17-35)56-45-24-13-22-41-39(27-29-46(54(41)45)55(56)51(33)44-20-10-11-25-50(44)57)38-26-28-43-49-32-37-19-9-8-18-36(37)31-48(49)42-23-12-21-40(38)53(42)43/h2-14,16-32H,15H2,1H3/b34-30-. The number of allylic oxidation sites excluding steroid dienone is 5. The van der Waals surface area contributed by atoms with E-state index in [9.17, 15) is 0 Å². The largest absolute Gasteiger partial charge is 0.0837 e. The molecular formula is C56H35Cl. The van der Waals surface area contributed by atoms with Crippen molar-refractivity contribution in [3.63, 3.8) is 0 Å². The van der Waals surface area contributed by atoms with Crippen LogP contribution in [0.25, 0.3) is 116 Å². The van der Waals surface area contributed by atoms with E-state index in [1.54, 1.807) is 0 Å². The van der Waals surface area contributed by atoms with Crippen LogP contribution in [0.2, 0.25) is 5.02 Å². The summed E-state index contributed by atoms with van der Waals surface area (Å²) in [5.41, 5.74) is 21.4. The molecule has 9 aromatic rings. The SMILES string of the molecule is Cc1c(/C=C2/C=CC=CC2)c(-c2ccccc2)c2c(c1-c1ccccc1Cl)-c1ccc(-c3ccc4c5c(cccc35)-c3cc5ccccc5cc3-4)c3cccc-2c13. The maximum atomic E-state index is 7.17. The van der Waals surface area contributed by atoms with Gasteiger partial charge in [0.1, 0.15) is 0 Å². The van der Waals surface area contributed by atoms with Crippen molar-refractivity contribution in [2.75, 3.05) is 0 Å². The molecule has 0 spiro atoms. The van der Waals surface area contributed by atoms with Crippen LogP contribution >= 0.6 is 11.6 Å². The molecule has 0 aromatic heterocycles. The van der Waals surface area contributed by atoms with Crippen molar-refractivity contribution in [2.45, 2.75) is 13.3 Å². The Morgan fingerprint density at radius 1 is 0.456 bits per heavy atom. The van der Waals surface area contributed by atoms with Crippen molar-refractivity contribution in [2.24, 2.45) is 0 Å². The normalized spacial score (nSPS) is 14.0. The Hall–Kier alpha value is -6.73. The van der Waals surface area contributed by atoms with E-state index in [0.717, 1.165) is 17.0 Å². The van der Waals surface area contributed by atoms with Gasteiger partial charge in [-0.1, -0.05) is 175 Å². The summed E-state index contributed by atoms with van der Waals surface area (Å²) in [4.78, 5) is 0. The molecule has 1 heteroatoms. The van der Waals surface area contributed by atoms with Crippen molar-refractivity contribution < 1.29 is 0 Å². The molecule has 3 aliphatic rings. The van der Waals surface area contributed by atoms with E-state index >= 15 is 0 Å². The Morgan fingerprint density at radius 3 is 1.72 bits per heavy atom. The summed E-state index contributed by atoms with van der Waals surface area (Å²) in [6, 6.07) is 56.1. The second kappa shape index (κ2) is 12.4. The third-order valence-electron chi connectivity index (χ3n) is 12.6. The number of fused-ring (bicyclic) bond motifs is 7. The summed E-state index contributed by atoms with van der Waals surface area (Å²) in [7, 11) is 0. The van der Waals surface area contributed by atoms with E-state index in [1.165, 1.54) is 121 Å². The fraction of sp³-hybridized carbons (Fsp3) is 0.0357. The molecule has 0 aliphatic heterocycles. The molecule has 0 saturated carbocycles. The lowest BCUT2D eigenvalue weighted by Gasteiger charge is -2.23. The van der Waals surface area contributed by atoms with Crippen LogP contribution in [0.3, 0.4) is 0 Å². The summed E-state index contributed by atoms with van der Waals surface area (Å²) < 4.78 is 0. The molecule has 0 amide bonds. The first-order valence-corrected chi connectivity index (χ1v) is 20.2. The lowest BCUT2D eigenvalue weighted by molar-refractivity contribution is 1.28. The maximum Gasteiger partial charge on any atom is 0.0484 e. The number of hydrogen-bond acceptors (Lipinski definition) is 0. The second-order valence-corrected chi connectivity index (χ2v) is 16.0. The zero-order valence-corrected chi connectivity index (χ0v) is 32.2. The summed E-state index contributed by atoms with van der Waals surface area (Å²) >= 11 is 7.17. The monoisotopic (exact) mass is 742 g/mol. The van der Waals surface area contributed by atoms with Crippen LogP contribution in [-0.4, -0.2) is 0 Å². The minimum Gasteiger partial charge on any atom is -0.0837 e. The van der Waals surface area contributed by atoms with Crippen LogP contribution in [-0.2, 0) is 0 Å². The molecule has 9 aromatic carbocycles. The molecule has 0 nitrogen and oxygen atoms in total. The zero-order chi connectivity index (χ0) is 37.8. The van der Waals surface area contributed by atoms with Crippen LogP contribution < -0.4 is 0 Å². The predicted octanol–water partition coefficient (Wildman–Crippen LogP) is 16.3. The van der Waals surface area contributed by atoms with E-state index in [2.05, 4.69) is 177 Å².